The largest absolute Gasteiger partial charge is 0.506 e. The first-order chi connectivity index (χ1) is 25.8. The number of rotatable bonds is 9. The Kier molecular flexibility index (Phi) is 11.2. The molecule has 286 valence electrons. The van der Waals surface area contributed by atoms with Gasteiger partial charge >= 0.3 is 23.9 Å². The Morgan fingerprint density at radius 2 is 1.27 bits per heavy atom. The number of carboxylic acids is 1. The summed E-state index contributed by atoms with van der Waals surface area (Å²) in [5.41, 5.74) is 3.61. The molecule has 2 N–H and O–H groups in total. The van der Waals surface area contributed by atoms with E-state index in [1.807, 2.05) is 0 Å². The number of aromatic carboxylic acids is 1. The predicted octanol–water partition coefficient (Wildman–Crippen LogP) is 6.92. The van der Waals surface area contributed by atoms with Gasteiger partial charge in [0.15, 0.2) is 11.5 Å². The number of carbonyl (C=O) groups excluding carboxylic acids is 4. The number of aryl methyl sites for hydroxylation is 1. The van der Waals surface area contributed by atoms with Gasteiger partial charge in [-0.25, -0.2) is 14.4 Å². The third-order valence-electron chi connectivity index (χ3n) is 9.89. The van der Waals surface area contributed by atoms with Gasteiger partial charge in [0.05, 0.1) is 30.6 Å². The molecule has 3 aromatic carbocycles. The summed E-state index contributed by atoms with van der Waals surface area (Å²) in [5.74, 6) is -5.21. The van der Waals surface area contributed by atoms with E-state index >= 15 is 0 Å². The van der Waals surface area contributed by atoms with Crippen LogP contribution >= 0.6 is 15.9 Å². The highest BCUT2D eigenvalue weighted by molar-refractivity contribution is 9.10. The number of nitrogens with zero attached hydrogens (tertiary/aromatic N) is 3. The average Bonchev–Trinajstić information content (AvgIpc) is 3.65. The van der Waals surface area contributed by atoms with Crippen molar-refractivity contribution >= 4 is 45.6 Å². The third kappa shape index (κ3) is 7.14. The zero-order valence-corrected chi connectivity index (χ0v) is 33.3. The number of allylic oxidation sites excluding steroid dienone is 2. The lowest BCUT2D eigenvalue weighted by molar-refractivity contribution is -0.137. The molecule has 0 fully saturated rings. The minimum atomic E-state index is -1.09. The number of benzene rings is 3. The highest BCUT2D eigenvalue weighted by Crippen LogP contribution is 2.44. The van der Waals surface area contributed by atoms with Crippen LogP contribution in [-0.2, 0) is 14.3 Å². The minimum Gasteiger partial charge on any atom is -0.506 e. The molecular formula is C40H38BrN3O11. The summed E-state index contributed by atoms with van der Waals surface area (Å²) in [4.78, 5) is 66.4. The summed E-state index contributed by atoms with van der Waals surface area (Å²) >= 11 is 3.28. The zero-order valence-electron chi connectivity index (χ0n) is 31.8. The van der Waals surface area contributed by atoms with Crippen molar-refractivity contribution in [2.24, 2.45) is 5.92 Å². The lowest BCUT2D eigenvalue weighted by atomic mass is 9.92. The SMILES string of the molecule is COC1=CC(=O)C=C(C)C1C(=O)Oc1c(C)c(C)c(C(=O)Oc2cc(C)c(C(=O)Oc3c(C)c(C)c(C(=O)O)c(C)c3C)c(-n3nccn3)c2C)c(O)c1Br. The second-order valence-corrected chi connectivity index (χ2v) is 14.0. The van der Waals surface area contributed by atoms with Gasteiger partial charge in [-0.15, -0.1) is 0 Å². The van der Waals surface area contributed by atoms with Crippen LogP contribution in [-0.4, -0.2) is 62.0 Å². The van der Waals surface area contributed by atoms with E-state index in [0.717, 1.165) is 0 Å². The maximum absolute atomic E-state index is 14.0. The van der Waals surface area contributed by atoms with Crippen LogP contribution in [0.15, 0.2) is 46.4 Å². The lowest BCUT2D eigenvalue weighted by Crippen LogP contribution is -2.28. The highest BCUT2D eigenvalue weighted by atomic mass is 79.9. The number of ketones is 1. The van der Waals surface area contributed by atoms with E-state index in [4.69, 9.17) is 18.9 Å². The van der Waals surface area contributed by atoms with E-state index in [1.54, 1.807) is 62.3 Å². The molecule has 0 spiro atoms. The lowest BCUT2D eigenvalue weighted by Gasteiger charge is -2.23. The molecule has 0 amide bonds. The normalized spacial score (nSPS) is 13.9. The fourth-order valence-corrected chi connectivity index (χ4v) is 7.16. The first kappa shape index (κ1) is 40.1. The van der Waals surface area contributed by atoms with Crippen LogP contribution in [0.4, 0.5) is 0 Å². The molecule has 0 saturated heterocycles. The van der Waals surface area contributed by atoms with Crippen molar-refractivity contribution in [3.63, 3.8) is 0 Å². The van der Waals surface area contributed by atoms with Gasteiger partial charge in [-0.05, 0) is 135 Å². The number of aromatic hydroxyl groups is 1. The van der Waals surface area contributed by atoms with E-state index < -0.39 is 35.5 Å². The van der Waals surface area contributed by atoms with Gasteiger partial charge in [-0.3, -0.25) is 9.59 Å². The molecule has 1 aliphatic rings. The number of phenolic OH excluding ortho intramolecular Hbond substituents is 1. The number of ether oxygens (including phenoxy) is 4. The Morgan fingerprint density at radius 3 is 1.84 bits per heavy atom. The van der Waals surface area contributed by atoms with Crippen molar-refractivity contribution in [2.75, 3.05) is 7.11 Å². The van der Waals surface area contributed by atoms with Gasteiger partial charge in [0, 0.05) is 11.6 Å². The van der Waals surface area contributed by atoms with Crippen LogP contribution in [0.5, 0.6) is 23.0 Å². The molecule has 0 bridgehead atoms. The molecule has 1 aromatic heterocycles. The molecule has 55 heavy (non-hydrogen) atoms. The summed E-state index contributed by atoms with van der Waals surface area (Å²) in [6.45, 7) is 14.6. The maximum atomic E-state index is 14.0. The van der Waals surface area contributed by atoms with E-state index in [0.29, 0.717) is 39.0 Å². The Bertz CT molecular complexity index is 2350. The van der Waals surface area contributed by atoms with Crippen molar-refractivity contribution in [3.05, 3.63) is 108 Å². The number of carboxylic acid groups (broad SMARTS) is 1. The van der Waals surface area contributed by atoms with Crippen LogP contribution < -0.4 is 14.2 Å². The second kappa shape index (κ2) is 15.3. The van der Waals surface area contributed by atoms with E-state index in [9.17, 15) is 34.2 Å². The van der Waals surface area contributed by atoms with Gasteiger partial charge in [0.2, 0.25) is 0 Å². The Balaban J connectivity index is 1.52. The Hall–Kier alpha value is -6.09. The number of methoxy groups -OCH3 is 1. The molecule has 0 radical (unpaired) electrons. The van der Waals surface area contributed by atoms with Gasteiger partial charge in [0.25, 0.3) is 0 Å². The Morgan fingerprint density at radius 1 is 0.727 bits per heavy atom. The molecule has 15 heteroatoms. The fraction of sp³-hybridized carbons (Fsp3) is 0.275. The number of aromatic nitrogens is 3. The van der Waals surface area contributed by atoms with Gasteiger partial charge in [-0.1, -0.05) is 0 Å². The molecule has 1 aliphatic carbocycles. The van der Waals surface area contributed by atoms with E-state index in [1.165, 1.54) is 42.5 Å². The quantitative estimate of drug-likeness (QED) is 0.131. The summed E-state index contributed by atoms with van der Waals surface area (Å²) in [6, 6.07) is 1.47. The molecule has 0 aliphatic heterocycles. The minimum absolute atomic E-state index is 0.0206. The van der Waals surface area contributed by atoms with Crippen molar-refractivity contribution in [1.29, 1.82) is 0 Å². The summed E-state index contributed by atoms with van der Waals surface area (Å²) in [5, 5.41) is 29.5. The topological polar surface area (TPSA) is 193 Å². The Labute approximate surface area is 324 Å². The number of carbonyl (C=O) groups is 5. The van der Waals surface area contributed by atoms with E-state index in [2.05, 4.69) is 26.1 Å². The van der Waals surface area contributed by atoms with Crippen LogP contribution in [0.25, 0.3) is 5.69 Å². The molecular weight excluding hydrogens is 778 g/mol. The monoisotopic (exact) mass is 815 g/mol. The van der Waals surface area contributed by atoms with Gasteiger partial charge in [-0.2, -0.15) is 15.0 Å². The van der Waals surface area contributed by atoms with Crippen molar-refractivity contribution < 1.29 is 53.1 Å². The number of phenols is 1. The summed E-state index contributed by atoms with van der Waals surface area (Å²) < 4.78 is 22.8. The first-order valence-electron chi connectivity index (χ1n) is 16.8. The average molecular weight is 817 g/mol. The number of hydrogen-bond acceptors (Lipinski definition) is 12. The van der Waals surface area contributed by atoms with Crippen LogP contribution in [0, 0.1) is 61.3 Å². The smallest absolute Gasteiger partial charge is 0.347 e. The molecule has 14 nitrogen and oxygen atoms in total. The summed E-state index contributed by atoms with van der Waals surface area (Å²) in [7, 11) is 1.33. The van der Waals surface area contributed by atoms with Crippen LogP contribution in [0.1, 0.15) is 82.5 Å². The molecule has 1 atom stereocenters. The van der Waals surface area contributed by atoms with Crippen LogP contribution in [0.3, 0.4) is 0 Å². The number of esters is 3. The molecule has 4 aromatic rings. The standard InChI is InChI=1S/C40H38BrN3O11/c1-16-13-25(45)15-27(52-10)28(16)38(49)55-36-23(8)20(5)31(34(46)32(36)41)40(51)53-26-14-17(2)29(33(24(26)9)44-42-11-12-43-44)39(50)54-35-21(6)18(3)30(37(47)48)19(4)22(35)7/h11-15,28,46H,1-10H3,(H,47,48). The maximum Gasteiger partial charge on any atom is 0.347 e. The fourth-order valence-electron chi connectivity index (χ4n) is 6.58. The predicted molar refractivity (Wildman–Crippen MR) is 201 cm³/mol. The molecule has 0 saturated carbocycles. The third-order valence-corrected chi connectivity index (χ3v) is 10.6. The molecule has 1 heterocycles. The van der Waals surface area contributed by atoms with Crippen molar-refractivity contribution in [1.82, 2.24) is 15.0 Å². The van der Waals surface area contributed by atoms with E-state index in [-0.39, 0.29) is 66.8 Å². The number of hydrogen-bond donors (Lipinski definition) is 2. The van der Waals surface area contributed by atoms with Crippen LogP contribution in [0.2, 0.25) is 0 Å². The first-order valence-corrected chi connectivity index (χ1v) is 17.6. The second-order valence-electron chi connectivity index (χ2n) is 13.2. The van der Waals surface area contributed by atoms with Crippen molar-refractivity contribution in [2.45, 2.75) is 62.3 Å². The molecule has 1 unspecified atom stereocenters. The van der Waals surface area contributed by atoms with Gasteiger partial charge < -0.3 is 29.2 Å². The highest BCUT2D eigenvalue weighted by Gasteiger charge is 2.35. The van der Waals surface area contributed by atoms with Gasteiger partial charge in [0.1, 0.15) is 44.6 Å². The zero-order chi connectivity index (χ0) is 40.8. The number of halogens is 1. The van der Waals surface area contributed by atoms with Crippen molar-refractivity contribution in [3.8, 4) is 28.7 Å². The molecule has 5 rings (SSSR count). The summed E-state index contributed by atoms with van der Waals surface area (Å²) in [6.07, 6.45) is 5.31.